The van der Waals surface area contributed by atoms with E-state index in [0.717, 1.165) is 10.8 Å². The van der Waals surface area contributed by atoms with E-state index in [-0.39, 0.29) is 36.2 Å². The molecule has 1 aliphatic heterocycles. The summed E-state index contributed by atoms with van der Waals surface area (Å²) < 4.78 is 56.5. The highest BCUT2D eigenvalue weighted by Gasteiger charge is 2.33. The fraction of sp³-hybridized carbons (Fsp3) is 0.167. The maximum absolute atomic E-state index is 13.5. The van der Waals surface area contributed by atoms with Gasteiger partial charge in [0, 0.05) is 23.9 Å². The minimum atomic E-state index is -3.83. The molecule has 0 unspecified atom stereocenters. The van der Waals surface area contributed by atoms with Crippen LogP contribution < -0.4 is 5.32 Å². The van der Waals surface area contributed by atoms with Gasteiger partial charge < -0.3 is 0 Å². The molecule has 9 heteroatoms. The summed E-state index contributed by atoms with van der Waals surface area (Å²) in [6.45, 7) is 0.130. The topological polar surface area (TPSA) is 86.8 Å². The Morgan fingerprint density at radius 1 is 0.545 bits per heavy atom. The Labute approximate surface area is 193 Å². The molecule has 1 fully saturated rings. The van der Waals surface area contributed by atoms with E-state index in [1.165, 1.54) is 8.61 Å². The smallest absolute Gasteiger partial charge is 0.244 e. The Kier molecular flexibility index (Phi) is 5.67. The molecule has 0 spiro atoms. The average molecular weight is 482 g/mol. The van der Waals surface area contributed by atoms with Crippen LogP contribution in [0, 0.1) is 0 Å². The van der Waals surface area contributed by atoms with Gasteiger partial charge in [-0.1, -0.05) is 72.8 Å². The van der Waals surface area contributed by atoms with Crippen LogP contribution in [0.4, 0.5) is 0 Å². The highest BCUT2D eigenvalue weighted by Crippen LogP contribution is 2.28. The van der Waals surface area contributed by atoms with Crippen molar-refractivity contribution in [3.8, 4) is 0 Å². The summed E-state index contributed by atoms with van der Waals surface area (Å²) in [5, 5.41) is 5.94. The molecular formula is C24H23N3O4S2. The number of nitrogens with one attached hydrogen (secondary N) is 1. The molecule has 170 valence electrons. The van der Waals surface area contributed by atoms with Crippen LogP contribution >= 0.6 is 0 Å². The monoisotopic (exact) mass is 481 g/mol. The highest BCUT2D eigenvalue weighted by molar-refractivity contribution is 7.89. The Balaban J connectivity index is 1.45. The van der Waals surface area contributed by atoms with E-state index in [4.69, 9.17) is 0 Å². The molecule has 0 bridgehead atoms. The zero-order chi connectivity index (χ0) is 23.1. The van der Waals surface area contributed by atoms with E-state index in [0.29, 0.717) is 10.8 Å². The number of rotatable bonds is 4. The summed E-state index contributed by atoms with van der Waals surface area (Å²) in [4.78, 5) is 0.431. The maximum Gasteiger partial charge on any atom is 0.244 e. The van der Waals surface area contributed by atoms with Crippen LogP contribution in [0.1, 0.15) is 0 Å². The van der Waals surface area contributed by atoms with Crippen molar-refractivity contribution >= 4 is 41.6 Å². The van der Waals surface area contributed by atoms with Gasteiger partial charge in [-0.3, -0.25) is 5.32 Å². The fourth-order valence-corrected chi connectivity index (χ4v) is 7.36. The maximum atomic E-state index is 13.5. The van der Waals surface area contributed by atoms with Crippen molar-refractivity contribution < 1.29 is 16.8 Å². The lowest BCUT2D eigenvalue weighted by Crippen LogP contribution is -2.38. The van der Waals surface area contributed by atoms with Crippen LogP contribution in [-0.2, 0) is 20.0 Å². The first-order valence-electron chi connectivity index (χ1n) is 10.6. The molecule has 0 atom stereocenters. The lowest BCUT2D eigenvalue weighted by atomic mass is 10.1. The molecule has 5 rings (SSSR count). The zero-order valence-corrected chi connectivity index (χ0v) is 19.4. The van der Waals surface area contributed by atoms with E-state index >= 15 is 0 Å². The first kappa shape index (κ1) is 22.0. The summed E-state index contributed by atoms with van der Waals surface area (Å²) in [7, 11) is -7.66. The second-order valence-electron chi connectivity index (χ2n) is 7.88. The molecule has 7 nitrogen and oxygen atoms in total. The molecular weight excluding hydrogens is 458 g/mol. The van der Waals surface area contributed by atoms with Crippen molar-refractivity contribution in [2.75, 3.05) is 26.4 Å². The van der Waals surface area contributed by atoms with Crippen molar-refractivity contribution in [1.29, 1.82) is 0 Å². The largest absolute Gasteiger partial charge is 0.290 e. The van der Waals surface area contributed by atoms with Gasteiger partial charge >= 0.3 is 0 Å². The van der Waals surface area contributed by atoms with E-state index in [1.807, 2.05) is 36.4 Å². The van der Waals surface area contributed by atoms with Crippen LogP contribution in [0.2, 0.25) is 0 Å². The van der Waals surface area contributed by atoms with Gasteiger partial charge in [-0.15, -0.1) is 0 Å². The number of hydrogen-bond acceptors (Lipinski definition) is 5. The van der Waals surface area contributed by atoms with Gasteiger partial charge in [0.15, 0.2) is 0 Å². The van der Waals surface area contributed by atoms with Gasteiger partial charge in [0.2, 0.25) is 20.0 Å². The molecule has 1 N–H and O–H groups in total. The number of hydrogen-bond donors (Lipinski definition) is 1. The molecule has 1 heterocycles. The van der Waals surface area contributed by atoms with Crippen LogP contribution in [0.25, 0.3) is 21.5 Å². The summed E-state index contributed by atoms with van der Waals surface area (Å²) in [6, 6.07) is 25.0. The number of sulfonamides is 2. The third-order valence-electron chi connectivity index (χ3n) is 5.91. The molecule has 0 radical (unpaired) electrons. The van der Waals surface area contributed by atoms with Crippen LogP contribution in [0.5, 0.6) is 0 Å². The lowest BCUT2D eigenvalue weighted by Gasteiger charge is -2.22. The second kappa shape index (κ2) is 8.51. The summed E-state index contributed by atoms with van der Waals surface area (Å²) >= 11 is 0. The minimum Gasteiger partial charge on any atom is -0.290 e. The number of benzene rings is 4. The van der Waals surface area contributed by atoms with Crippen LogP contribution in [-0.4, -0.2) is 51.9 Å². The summed E-state index contributed by atoms with van der Waals surface area (Å²) in [6.07, 6.45) is 0. The molecule has 4 aromatic rings. The molecule has 0 aliphatic carbocycles. The third-order valence-corrected chi connectivity index (χ3v) is 9.72. The SMILES string of the molecule is O=S(=O)(c1cccc2ccccc12)N1CCN(S(=O)(=O)c2cccc3ccccc23)CNC1. The molecule has 1 aliphatic rings. The fourth-order valence-electron chi connectivity index (χ4n) is 4.21. The normalized spacial score (nSPS) is 16.7. The van der Waals surface area contributed by atoms with Crippen LogP contribution in [0.3, 0.4) is 0 Å². The molecule has 0 amide bonds. The second-order valence-corrected chi connectivity index (χ2v) is 11.7. The predicted molar refractivity (Wildman–Crippen MR) is 129 cm³/mol. The van der Waals surface area contributed by atoms with Crippen LogP contribution in [0.15, 0.2) is 94.7 Å². The standard InChI is InChI=1S/C24H23N3O4S2/c28-32(29,23-13-5-9-19-7-1-3-11-21(19)23)26-15-16-27(18-25-17-26)33(30,31)24-14-6-10-20-8-2-4-12-22(20)24/h1-14,25H,15-18H2. The van der Waals surface area contributed by atoms with Crippen molar-refractivity contribution in [3.63, 3.8) is 0 Å². The Morgan fingerprint density at radius 3 is 1.39 bits per heavy atom. The summed E-state index contributed by atoms with van der Waals surface area (Å²) in [5.41, 5.74) is 0. The molecule has 33 heavy (non-hydrogen) atoms. The van der Waals surface area contributed by atoms with Crippen molar-refractivity contribution in [3.05, 3.63) is 84.9 Å². The zero-order valence-electron chi connectivity index (χ0n) is 17.8. The minimum absolute atomic E-state index is 0.0209. The first-order valence-corrected chi connectivity index (χ1v) is 13.4. The highest BCUT2D eigenvalue weighted by atomic mass is 32.2. The van der Waals surface area contributed by atoms with E-state index in [9.17, 15) is 16.8 Å². The first-order chi connectivity index (χ1) is 15.9. The Morgan fingerprint density at radius 2 is 0.939 bits per heavy atom. The predicted octanol–water partition coefficient (Wildman–Crippen LogP) is 3.19. The summed E-state index contributed by atoms with van der Waals surface area (Å²) in [5.74, 6) is 0. The molecule has 0 saturated carbocycles. The number of fused-ring (bicyclic) bond motifs is 2. The van der Waals surface area contributed by atoms with Gasteiger partial charge in [0.1, 0.15) is 0 Å². The third kappa shape index (κ3) is 3.92. The van der Waals surface area contributed by atoms with Crippen molar-refractivity contribution in [2.45, 2.75) is 9.79 Å². The Bertz CT molecular complexity index is 1420. The Hall–Kier alpha value is -2.82. The molecule has 4 aromatic carbocycles. The quantitative estimate of drug-likeness (QED) is 0.484. The molecule has 0 aromatic heterocycles. The van der Waals surface area contributed by atoms with Crippen molar-refractivity contribution in [2.24, 2.45) is 0 Å². The lowest BCUT2D eigenvalue weighted by molar-refractivity contribution is 0.405. The van der Waals surface area contributed by atoms with Gasteiger partial charge in [-0.05, 0) is 22.9 Å². The number of nitrogens with zero attached hydrogens (tertiary/aromatic N) is 2. The van der Waals surface area contributed by atoms with E-state index < -0.39 is 20.0 Å². The molecule has 1 saturated heterocycles. The van der Waals surface area contributed by atoms with Gasteiger partial charge in [0.05, 0.1) is 23.1 Å². The van der Waals surface area contributed by atoms with E-state index in [1.54, 1.807) is 48.5 Å². The average Bonchev–Trinajstić information content (AvgIpc) is 3.11. The van der Waals surface area contributed by atoms with Crippen molar-refractivity contribution in [1.82, 2.24) is 13.9 Å². The van der Waals surface area contributed by atoms with Gasteiger partial charge in [-0.25, -0.2) is 16.8 Å². The van der Waals surface area contributed by atoms with E-state index in [2.05, 4.69) is 5.32 Å². The van der Waals surface area contributed by atoms with Gasteiger partial charge in [-0.2, -0.15) is 8.61 Å². The van der Waals surface area contributed by atoms with Gasteiger partial charge in [0.25, 0.3) is 0 Å².